The van der Waals surface area contributed by atoms with Crippen molar-refractivity contribution in [3.63, 3.8) is 0 Å². The number of hydrogen-bond acceptors (Lipinski definition) is 4. The van der Waals surface area contributed by atoms with Gasteiger partial charge in [-0.1, -0.05) is 17.7 Å². The van der Waals surface area contributed by atoms with Gasteiger partial charge in [-0.2, -0.15) is 0 Å². The van der Waals surface area contributed by atoms with Crippen molar-refractivity contribution in [3.8, 4) is 5.75 Å². The molecule has 0 saturated heterocycles. The summed E-state index contributed by atoms with van der Waals surface area (Å²) in [6, 6.07) is 10.8. The van der Waals surface area contributed by atoms with Crippen LogP contribution in [0.4, 0.5) is 10.1 Å². The molecule has 0 aliphatic carbocycles. The van der Waals surface area contributed by atoms with E-state index in [9.17, 15) is 9.18 Å². The van der Waals surface area contributed by atoms with Crippen molar-refractivity contribution in [2.24, 2.45) is 0 Å². The third-order valence-electron chi connectivity index (χ3n) is 3.20. The van der Waals surface area contributed by atoms with Crippen LogP contribution in [0.2, 0.25) is 5.02 Å². The average Bonchev–Trinajstić information content (AvgIpc) is 2.62. The summed E-state index contributed by atoms with van der Waals surface area (Å²) in [6.07, 6.45) is 0. The standard InChI is InChI=1S/C18H18ClFN2O3S/c1-2-24-8-9-25-14-5-3-4-12(10-14)17(23)22-18(26)21-13-6-7-16(20)15(19)11-13/h3-7,10-11H,2,8-9H2,1H3,(H2,21,22,23,26). The summed E-state index contributed by atoms with van der Waals surface area (Å²) < 4.78 is 23.9. The molecule has 0 aliphatic rings. The minimum absolute atomic E-state index is 0.0407. The van der Waals surface area contributed by atoms with Crippen molar-refractivity contribution in [1.82, 2.24) is 5.32 Å². The van der Waals surface area contributed by atoms with Gasteiger partial charge < -0.3 is 14.8 Å². The van der Waals surface area contributed by atoms with E-state index >= 15 is 0 Å². The summed E-state index contributed by atoms with van der Waals surface area (Å²) in [6.45, 7) is 3.39. The minimum Gasteiger partial charge on any atom is -0.491 e. The van der Waals surface area contributed by atoms with Gasteiger partial charge in [0.25, 0.3) is 5.91 Å². The van der Waals surface area contributed by atoms with Crippen LogP contribution in [0.25, 0.3) is 0 Å². The topological polar surface area (TPSA) is 59.6 Å². The summed E-state index contributed by atoms with van der Waals surface area (Å²) in [5.41, 5.74) is 0.856. The van der Waals surface area contributed by atoms with E-state index in [1.165, 1.54) is 18.2 Å². The van der Waals surface area contributed by atoms with Gasteiger partial charge in [0, 0.05) is 17.9 Å². The van der Waals surface area contributed by atoms with E-state index in [2.05, 4.69) is 10.6 Å². The number of halogens is 2. The van der Waals surface area contributed by atoms with Crippen LogP contribution in [0, 0.1) is 5.82 Å². The van der Waals surface area contributed by atoms with E-state index in [1.807, 2.05) is 6.92 Å². The smallest absolute Gasteiger partial charge is 0.257 e. The molecule has 8 heteroatoms. The van der Waals surface area contributed by atoms with Crippen molar-refractivity contribution in [2.75, 3.05) is 25.1 Å². The molecule has 2 aromatic carbocycles. The molecule has 1 amide bonds. The summed E-state index contributed by atoms with van der Waals surface area (Å²) in [4.78, 5) is 12.3. The lowest BCUT2D eigenvalue weighted by Crippen LogP contribution is -2.34. The quantitative estimate of drug-likeness (QED) is 0.546. The van der Waals surface area contributed by atoms with E-state index in [1.54, 1.807) is 24.3 Å². The van der Waals surface area contributed by atoms with E-state index < -0.39 is 11.7 Å². The van der Waals surface area contributed by atoms with E-state index in [4.69, 9.17) is 33.3 Å². The van der Waals surface area contributed by atoms with E-state index in [0.717, 1.165) is 0 Å². The molecule has 0 heterocycles. The Kier molecular flexibility index (Phi) is 7.77. The van der Waals surface area contributed by atoms with Crippen LogP contribution in [0.3, 0.4) is 0 Å². The Bertz CT molecular complexity index is 789. The second-order valence-corrected chi connectivity index (χ2v) is 5.93. The molecule has 0 unspecified atom stereocenters. The molecule has 0 aromatic heterocycles. The monoisotopic (exact) mass is 396 g/mol. The number of nitrogens with one attached hydrogen (secondary N) is 2. The van der Waals surface area contributed by atoms with Crippen LogP contribution in [0.15, 0.2) is 42.5 Å². The van der Waals surface area contributed by atoms with Crippen LogP contribution in [-0.2, 0) is 4.74 Å². The number of benzene rings is 2. The zero-order valence-corrected chi connectivity index (χ0v) is 15.6. The van der Waals surface area contributed by atoms with Crippen LogP contribution < -0.4 is 15.4 Å². The number of carbonyl (C=O) groups is 1. The molecule has 2 rings (SSSR count). The Morgan fingerprint density at radius 3 is 2.77 bits per heavy atom. The van der Waals surface area contributed by atoms with E-state index in [0.29, 0.717) is 36.8 Å². The minimum atomic E-state index is -0.534. The number of rotatable bonds is 7. The fourth-order valence-electron chi connectivity index (χ4n) is 2.00. The van der Waals surface area contributed by atoms with Gasteiger partial charge in [-0.3, -0.25) is 10.1 Å². The van der Waals surface area contributed by atoms with Crippen molar-refractivity contribution in [1.29, 1.82) is 0 Å². The fourth-order valence-corrected chi connectivity index (χ4v) is 2.39. The van der Waals surface area contributed by atoms with Gasteiger partial charge in [-0.25, -0.2) is 4.39 Å². The summed E-state index contributed by atoms with van der Waals surface area (Å²) in [5.74, 6) is -0.374. The van der Waals surface area contributed by atoms with Gasteiger partial charge in [0.2, 0.25) is 0 Å². The number of thiocarbonyl (C=S) groups is 1. The Labute approximate surface area is 161 Å². The number of anilines is 1. The average molecular weight is 397 g/mol. The molecule has 2 N–H and O–H groups in total. The first kappa shape index (κ1) is 20.1. The molecular weight excluding hydrogens is 379 g/mol. The molecule has 0 fully saturated rings. The maximum absolute atomic E-state index is 13.2. The summed E-state index contributed by atoms with van der Waals surface area (Å²) >= 11 is 10.8. The second kappa shape index (κ2) is 10.1. The molecule has 0 atom stereocenters. The number of hydrogen-bond donors (Lipinski definition) is 2. The molecule has 0 bridgehead atoms. The molecule has 0 aliphatic heterocycles. The molecule has 0 radical (unpaired) electrons. The van der Waals surface area contributed by atoms with Gasteiger partial charge in [0.05, 0.1) is 11.6 Å². The van der Waals surface area contributed by atoms with Crippen LogP contribution in [0.1, 0.15) is 17.3 Å². The van der Waals surface area contributed by atoms with Gasteiger partial charge in [-0.05, 0) is 55.5 Å². The van der Waals surface area contributed by atoms with Crippen LogP contribution in [0.5, 0.6) is 5.75 Å². The lowest BCUT2D eigenvalue weighted by molar-refractivity contribution is 0.0976. The second-order valence-electron chi connectivity index (χ2n) is 5.11. The van der Waals surface area contributed by atoms with Crippen molar-refractivity contribution < 1.29 is 18.7 Å². The number of amides is 1. The Morgan fingerprint density at radius 1 is 1.23 bits per heavy atom. The predicted octanol–water partition coefficient (Wildman–Crippen LogP) is 4.02. The SMILES string of the molecule is CCOCCOc1cccc(C(=O)NC(=S)Nc2ccc(F)c(Cl)c2)c1. The van der Waals surface area contributed by atoms with Gasteiger partial charge >= 0.3 is 0 Å². The molecule has 138 valence electrons. The highest BCUT2D eigenvalue weighted by molar-refractivity contribution is 7.80. The normalized spacial score (nSPS) is 10.3. The highest BCUT2D eigenvalue weighted by atomic mass is 35.5. The number of carbonyl (C=O) groups excluding carboxylic acids is 1. The van der Waals surface area contributed by atoms with Gasteiger partial charge in [0.1, 0.15) is 18.2 Å². The molecular formula is C18H18ClFN2O3S. The summed E-state index contributed by atoms with van der Waals surface area (Å²) in [7, 11) is 0. The first-order valence-electron chi connectivity index (χ1n) is 7.87. The van der Waals surface area contributed by atoms with Crippen molar-refractivity contribution in [2.45, 2.75) is 6.92 Å². The maximum atomic E-state index is 13.2. The fraction of sp³-hybridized carbons (Fsp3) is 0.222. The van der Waals surface area contributed by atoms with Gasteiger partial charge in [0.15, 0.2) is 5.11 Å². The highest BCUT2D eigenvalue weighted by Gasteiger charge is 2.10. The molecule has 0 spiro atoms. The van der Waals surface area contributed by atoms with Gasteiger partial charge in [-0.15, -0.1) is 0 Å². The molecule has 26 heavy (non-hydrogen) atoms. The zero-order chi connectivity index (χ0) is 18.9. The predicted molar refractivity (Wildman–Crippen MR) is 104 cm³/mol. The lowest BCUT2D eigenvalue weighted by atomic mass is 10.2. The number of ether oxygens (including phenoxy) is 2. The first-order chi connectivity index (χ1) is 12.5. The molecule has 0 saturated carbocycles. The third-order valence-corrected chi connectivity index (χ3v) is 3.70. The molecule has 5 nitrogen and oxygen atoms in total. The molecule has 2 aromatic rings. The van der Waals surface area contributed by atoms with Crippen molar-refractivity contribution >= 4 is 40.5 Å². The van der Waals surface area contributed by atoms with Crippen LogP contribution >= 0.6 is 23.8 Å². The Morgan fingerprint density at radius 2 is 2.04 bits per heavy atom. The van der Waals surface area contributed by atoms with Crippen LogP contribution in [-0.4, -0.2) is 30.8 Å². The Balaban J connectivity index is 1.91. The lowest BCUT2D eigenvalue weighted by Gasteiger charge is -2.11. The highest BCUT2D eigenvalue weighted by Crippen LogP contribution is 2.19. The Hall–Kier alpha value is -2.22. The zero-order valence-electron chi connectivity index (χ0n) is 14.1. The van der Waals surface area contributed by atoms with E-state index in [-0.39, 0.29) is 10.1 Å². The third kappa shape index (κ3) is 6.25. The first-order valence-corrected chi connectivity index (χ1v) is 8.66. The maximum Gasteiger partial charge on any atom is 0.257 e. The largest absolute Gasteiger partial charge is 0.491 e. The summed E-state index contributed by atoms with van der Waals surface area (Å²) in [5, 5.41) is 5.35. The van der Waals surface area contributed by atoms with Crippen molar-refractivity contribution in [3.05, 3.63) is 58.9 Å².